The second-order valence-corrected chi connectivity index (χ2v) is 3.92. The highest BCUT2D eigenvalue weighted by Crippen LogP contribution is 2.27. The summed E-state index contributed by atoms with van der Waals surface area (Å²) >= 11 is 0.979. The highest BCUT2D eigenvalue weighted by molar-refractivity contribution is 7.17. The minimum atomic E-state index is -0.261. The van der Waals surface area contributed by atoms with Crippen LogP contribution in [0.4, 0.5) is 8.78 Å². The van der Waals surface area contributed by atoms with Crippen molar-refractivity contribution in [1.29, 1.82) is 0 Å². The van der Waals surface area contributed by atoms with Crippen molar-refractivity contribution in [1.82, 2.24) is 0 Å². The molecule has 68 valence electrons. The SMILES string of the molecule is CCc1cc2cc(F)sc2cc1F. The molecule has 0 aliphatic rings. The van der Waals surface area contributed by atoms with E-state index < -0.39 is 0 Å². The lowest BCUT2D eigenvalue weighted by atomic mass is 10.1. The van der Waals surface area contributed by atoms with Crippen molar-refractivity contribution in [3.63, 3.8) is 0 Å². The number of aryl methyl sites for hydroxylation is 1. The zero-order chi connectivity index (χ0) is 9.42. The van der Waals surface area contributed by atoms with E-state index in [1.807, 2.05) is 6.92 Å². The lowest BCUT2D eigenvalue weighted by Gasteiger charge is -1.98. The third-order valence-electron chi connectivity index (χ3n) is 2.04. The highest BCUT2D eigenvalue weighted by Gasteiger charge is 2.06. The number of rotatable bonds is 1. The Morgan fingerprint density at radius 1 is 1.23 bits per heavy atom. The van der Waals surface area contributed by atoms with Gasteiger partial charge in [-0.1, -0.05) is 6.92 Å². The van der Waals surface area contributed by atoms with Gasteiger partial charge in [0.2, 0.25) is 0 Å². The molecule has 0 radical (unpaired) electrons. The number of fused-ring (bicyclic) bond motifs is 1. The van der Waals surface area contributed by atoms with E-state index >= 15 is 0 Å². The van der Waals surface area contributed by atoms with Gasteiger partial charge in [-0.3, -0.25) is 0 Å². The molecule has 0 unspecified atom stereocenters. The van der Waals surface area contributed by atoms with Gasteiger partial charge in [0, 0.05) is 4.70 Å². The van der Waals surface area contributed by atoms with Gasteiger partial charge < -0.3 is 0 Å². The van der Waals surface area contributed by atoms with Gasteiger partial charge in [-0.2, -0.15) is 4.39 Å². The summed E-state index contributed by atoms with van der Waals surface area (Å²) in [5.41, 5.74) is 0.644. The fourth-order valence-corrected chi connectivity index (χ4v) is 2.14. The molecule has 13 heavy (non-hydrogen) atoms. The average Bonchev–Trinajstić information content (AvgIpc) is 2.42. The van der Waals surface area contributed by atoms with Crippen LogP contribution in [0.5, 0.6) is 0 Å². The van der Waals surface area contributed by atoms with Crippen LogP contribution in [0.1, 0.15) is 12.5 Å². The number of thiophene rings is 1. The Hall–Kier alpha value is -0.960. The molecule has 0 N–H and O–H groups in total. The first-order chi connectivity index (χ1) is 6.20. The molecule has 0 saturated heterocycles. The summed E-state index contributed by atoms with van der Waals surface area (Å²) in [7, 11) is 0. The van der Waals surface area contributed by atoms with Crippen molar-refractivity contribution >= 4 is 21.4 Å². The molecule has 1 heterocycles. The smallest absolute Gasteiger partial charge is 0.177 e. The van der Waals surface area contributed by atoms with Crippen LogP contribution in [0, 0.1) is 10.9 Å². The van der Waals surface area contributed by atoms with Crippen LogP contribution >= 0.6 is 11.3 Å². The van der Waals surface area contributed by atoms with Crippen molar-refractivity contribution < 1.29 is 8.78 Å². The van der Waals surface area contributed by atoms with Crippen LogP contribution in [-0.4, -0.2) is 0 Å². The summed E-state index contributed by atoms with van der Waals surface area (Å²) in [5.74, 6) is -0.239. The molecule has 3 heteroatoms. The molecule has 2 aromatic rings. The van der Waals surface area contributed by atoms with Crippen LogP contribution < -0.4 is 0 Å². The summed E-state index contributed by atoms with van der Waals surface area (Å²) < 4.78 is 26.7. The molecule has 0 saturated carbocycles. The Morgan fingerprint density at radius 2 is 2.00 bits per heavy atom. The Balaban J connectivity index is 2.72. The minimum Gasteiger partial charge on any atom is -0.207 e. The van der Waals surface area contributed by atoms with Crippen molar-refractivity contribution in [3.05, 3.63) is 34.7 Å². The Labute approximate surface area is 78.8 Å². The number of halogens is 2. The highest BCUT2D eigenvalue weighted by atomic mass is 32.1. The average molecular weight is 198 g/mol. The lowest BCUT2D eigenvalue weighted by Crippen LogP contribution is -1.85. The zero-order valence-electron chi connectivity index (χ0n) is 7.10. The Bertz CT molecular complexity index is 445. The van der Waals surface area contributed by atoms with Crippen LogP contribution in [-0.2, 0) is 6.42 Å². The molecule has 1 aromatic heterocycles. The Morgan fingerprint density at radius 3 is 2.69 bits per heavy atom. The summed E-state index contributed by atoms with van der Waals surface area (Å²) in [6, 6.07) is 4.56. The molecular weight excluding hydrogens is 190 g/mol. The normalized spacial score (nSPS) is 11.0. The molecule has 0 fully saturated rings. The Kier molecular flexibility index (Phi) is 2.04. The molecule has 0 nitrogen and oxygen atoms in total. The summed E-state index contributed by atoms with van der Waals surface area (Å²) in [6.07, 6.45) is 0.638. The topological polar surface area (TPSA) is 0 Å². The first-order valence-electron chi connectivity index (χ1n) is 4.08. The van der Waals surface area contributed by atoms with Gasteiger partial charge in [0.15, 0.2) is 5.13 Å². The van der Waals surface area contributed by atoms with Gasteiger partial charge >= 0.3 is 0 Å². The van der Waals surface area contributed by atoms with Crippen LogP contribution in [0.2, 0.25) is 0 Å². The second kappa shape index (κ2) is 3.07. The summed E-state index contributed by atoms with van der Waals surface area (Å²) in [4.78, 5) is 0. The predicted molar refractivity (Wildman–Crippen MR) is 51.1 cm³/mol. The second-order valence-electron chi connectivity index (χ2n) is 2.89. The van der Waals surface area contributed by atoms with Crippen molar-refractivity contribution in [3.8, 4) is 0 Å². The third kappa shape index (κ3) is 1.44. The molecule has 2 rings (SSSR count). The standard InChI is InChI=1S/C10H8F2S/c1-2-6-3-7-4-10(12)13-9(7)5-8(6)11/h3-5H,2H2,1H3. The summed E-state index contributed by atoms with van der Waals surface area (Å²) in [6.45, 7) is 1.88. The molecule has 0 aliphatic carbocycles. The fraction of sp³-hybridized carbons (Fsp3) is 0.200. The van der Waals surface area contributed by atoms with E-state index in [1.165, 1.54) is 12.1 Å². The minimum absolute atomic E-state index is 0.239. The maximum Gasteiger partial charge on any atom is 0.177 e. The van der Waals surface area contributed by atoms with Gasteiger partial charge in [0.1, 0.15) is 5.82 Å². The van der Waals surface area contributed by atoms with E-state index in [0.29, 0.717) is 16.7 Å². The predicted octanol–water partition coefficient (Wildman–Crippen LogP) is 3.74. The maximum atomic E-state index is 13.2. The zero-order valence-corrected chi connectivity index (χ0v) is 7.92. The first kappa shape index (κ1) is 8.63. The quantitative estimate of drug-likeness (QED) is 0.654. The van der Waals surface area contributed by atoms with Crippen LogP contribution in [0.15, 0.2) is 18.2 Å². The van der Waals surface area contributed by atoms with Gasteiger partial charge in [-0.15, -0.1) is 11.3 Å². The van der Waals surface area contributed by atoms with E-state index in [9.17, 15) is 8.78 Å². The fourth-order valence-electron chi connectivity index (χ4n) is 1.35. The van der Waals surface area contributed by atoms with Gasteiger partial charge in [0.25, 0.3) is 0 Å². The van der Waals surface area contributed by atoms with Gasteiger partial charge in [-0.25, -0.2) is 4.39 Å². The van der Waals surface area contributed by atoms with Crippen molar-refractivity contribution in [2.45, 2.75) is 13.3 Å². The van der Waals surface area contributed by atoms with E-state index in [-0.39, 0.29) is 10.9 Å². The molecular formula is C10H8F2S. The van der Waals surface area contributed by atoms with Crippen molar-refractivity contribution in [2.24, 2.45) is 0 Å². The largest absolute Gasteiger partial charge is 0.207 e. The third-order valence-corrected chi connectivity index (χ3v) is 2.92. The van der Waals surface area contributed by atoms with E-state index in [2.05, 4.69) is 0 Å². The van der Waals surface area contributed by atoms with Gasteiger partial charge in [-0.05, 0) is 35.6 Å². The van der Waals surface area contributed by atoms with E-state index in [4.69, 9.17) is 0 Å². The maximum absolute atomic E-state index is 13.2. The van der Waals surface area contributed by atoms with Crippen LogP contribution in [0.3, 0.4) is 0 Å². The molecule has 1 aromatic carbocycles. The molecule has 0 spiro atoms. The van der Waals surface area contributed by atoms with Crippen molar-refractivity contribution in [2.75, 3.05) is 0 Å². The van der Waals surface area contributed by atoms with Crippen LogP contribution in [0.25, 0.3) is 10.1 Å². The number of benzene rings is 1. The van der Waals surface area contributed by atoms with E-state index in [0.717, 1.165) is 16.7 Å². The van der Waals surface area contributed by atoms with E-state index in [1.54, 1.807) is 6.07 Å². The monoisotopic (exact) mass is 198 g/mol. The molecule has 0 aliphatic heterocycles. The van der Waals surface area contributed by atoms with Gasteiger partial charge in [0.05, 0.1) is 0 Å². The molecule has 0 atom stereocenters. The number of hydrogen-bond donors (Lipinski definition) is 0. The molecule has 0 bridgehead atoms. The summed E-state index contributed by atoms with van der Waals surface area (Å²) in [5, 5.41) is 0.531. The molecule has 0 amide bonds. The lowest BCUT2D eigenvalue weighted by molar-refractivity contribution is 0.614. The number of hydrogen-bond acceptors (Lipinski definition) is 1. The first-order valence-corrected chi connectivity index (χ1v) is 4.90.